The van der Waals surface area contributed by atoms with Gasteiger partial charge in [-0.3, -0.25) is 9.59 Å². The van der Waals surface area contributed by atoms with E-state index in [9.17, 15) is 9.59 Å². The quantitative estimate of drug-likeness (QED) is 0.748. The molecule has 5 nitrogen and oxygen atoms in total. The number of carbonyl (C=O) groups is 2. The van der Waals surface area contributed by atoms with Crippen molar-refractivity contribution < 1.29 is 9.59 Å². The van der Waals surface area contributed by atoms with Gasteiger partial charge in [0, 0.05) is 13.1 Å². The molecule has 18 heavy (non-hydrogen) atoms. The Balaban J connectivity index is 1.70. The van der Waals surface area contributed by atoms with Gasteiger partial charge in [-0.15, -0.1) is 0 Å². The van der Waals surface area contributed by atoms with Crippen molar-refractivity contribution in [3.8, 4) is 0 Å². The molecular formula is C13H23N3O2. The Labute approximate surface area is 108 Å². The minimum absolute atomic E-state index is 0.0351. The van der Waals surface area contributed by atoms with E-state index in [0.29, 0.717) is 5.92 Å². The van der Waals surface area contributed by atoms with Crippen LogP contribution in [0.25, 0.3) is 0 Å². The highest BCUT2D eigenvalue weighted by Gasteiger charge is 2.26. The first-order valence-corrected chi connectivity index (χ1v) is 6.99. The smallest absolute Gasteiger partial charge is 0.241 e. The van der Waals surface area contributed by atoms with Crippen LogP contribution < -0.4 is 10.6 Å². The van der Waals surface area contributed by atoms with Crippen LogP contribution in [-0.4, -0.2) is 48.9 Å². The third-order valence-corrected chi connectivity index (χ3v) is 4.01. The Hall–Kier alpha value is -1.10. The molecule has 2 amide bonds. The predicted molar refractivity (Wildman–Crippen MR) is 69.0 cm³/mol. The van der Waals surface area contributed by atoms with Gasteiger partial charge < -0.3 is 15.5 Å². The lowest BCUT2D eigenvalue weighted by Crippen LogP contribution is -2.45. The summed E-state index contributed by atoms with van der Waals surface area (Å²) in [5.41, 5.74) is 0. The van der Waals surface area contributed by atoms with E-state index in [1.165, 1.54) is 0 Å². The summed E-state index contributed by atoms with van der Waals surface area (Å²) in [6.45, 7) is 4.90. The first-order chi connectivity index (χ1) is 8.70. The van der Waals surface area contributed by atoms with Crippen molar-refractivity contribution in [2.45, 2.75) is 38.6 Å². The molecule has 2 fully saturated rings. The van der Waals surface area contributed by atoms with Crippen LogP contribution in [0.4, 0.5) is 0 Å². The second kappa shape index (κ2) is 6.18. The minimum Gasteiger partial charge on any atom is -0.346 e. The molecule has 2 aliphatic heterocycles. The standard InChI is InChI=1S/C13H23N3O2/c1-2-10-5-7-16(9-10)12(17)8-15-13(18)11-4-3-6-14-11/h10-11,14H,2-9H2,1H3,(H,15,18). The van der Waals surface area contributed by atoms with E-state index in [2.05, 4.69) is 17.6 Å². The largest absolute Gasteiger partial charge is 0.346 e. The molecule has 0 saturated carbocycles. The minimum atomic E-state index is -0.0974. The molecule has 0 bridgehead atoms. The van der Waals surface area contributed by atoms with Crippen molar-refractivity contribution in [1.82, 2.24) is 15.5 Å². The van der Waals surface area contributed by atoms with Crippen molar-refractivity contribution in [2.75, 3.05) is 26.2 Å². The third-order valence-electron chi connectivity index (χ3n) is 4.01. The van der Waals surface area contributed by atoms with Crippen LogP contribution in [-0.2, 0) is 9.59 Å². The third kappa shape index (κ3) is 3.22. The van der Waals surface area contributed by atoms with Gasteiger partial charge in [0.05, 0.1) is 12.6 Å². The number of rotatable bonds is 4. The summed E-state index contributed by atoms with van der Waals surface area (Å²) in [6, 6.07) is -0.0974. The zero-order valence-corrected chi connectivity index (χ0v) is 11.1. The number of likely N-dealkylation sites (tertiary alicyclic amines) is 1. The Morgan fingerprint density at radius 2 is 2.22 bits per heavy atom. The van der Waals surface area contributed by atoms with Crippen molar-refractivity contribution in [3.63, 3.8) is 0 Å². The first kappa shape index (κ1) is 13.3. The average Bonchev–Trinajstić information content (AvgIpc) is 3.05. The summed E-state index contributed by atoms with van der Waals surface area (Å²) in [4.78, 5) is 25.5. The molecule has 2 aliphatic rings. The Morgan fingerprint density at radius 1 is 1.39 bits per heavy atom. The summed E-state index contributed by atoms with van der Waals surface area (Å²) >= 11 is 0. The molecule has 2 saturated heterocycles. The maximum Gasteiger partial charge on any atom is 0.241 e. The van der Waals surface area contributed by atoms with Crippen LogP contribution in [0.3, 0.4) is 0 Å². The molecule has 2 unspecified atom stereocenters. The summed E-state index contributed by atoms with van der Waals surface area (Å²) in [7, 11) is 0. The van der Waals surface area contributed by atoms with Crippen molar-refractivity contribution in [3.05, 3.63) is 0 Å². The molecule has 0 aromatic carbocycles. The molecule has 0 aliphatic carbocycles. The van der Waals surface area contributed by atoms with Gasteiger partial charge in [0.1, 0.15) is 0 Å². The Morgan fingerprint density at radius 3 is 2.83 bits per heavy atom. The van der Waals surface area contributed by atoms with E-state index in [4.69, 9.17) is 0 Å². The average molecular weight is 253 g/mol. The van der Waals surface area contributed by atoms with Crippen molar-refractivity contribution >= 4 is 11.8 Å². The number of nitrogens with zero attached hydrogens (tertiary/aromatic N) is 1. The van der Waals surface area contributed by atoms with Gasteiger partial charge >= 0.3 is 0 Å². The number of nitrogens with one attached hydrogen (secondary N) is 2. The monoisotopic (exact) mass is 253 g/mol. The van der Waals surface area contributed by atoms with E-state index in [1.54, 1.807) is 0 Å². The fourth-order valence-electron chi connectivity index (χ4n) is 2.70. The van der Waals surface area contributed by atoms with Gasteiger partial charge in [-0.1, -0.05) is 13.3 Å². The molecule has 5 heteroatoms. The van der Waals surface area contributed by atoms with Gasteiger partial charge in [-0.2, -0.15) is 0 Å². The zero-order chi connectivity index (χ0) is 13.0. The van der Waals surface area contributed by atoms with Gasteiger partial charge in [-0.05, 0) is 31.7 Å². The molecule has 2 N–H and O–H groups in total. The van der Waals surface area contributed by atoms with Crippen LogP contribution in [0.15, 0.2) is 0 Å². The summed E-state index contributed by atoms with van der Waals surface area (Å²) < 4.78 is 0. The molecule has 2 atom stereocenters. The van der Waals surface area contributed by atoms with Crippen LogP contribution in [0.1, 0.15) is 32.6 Å². The summed E-state index contributed by atoms with van der Waals surface area (Å²) in [6.07, 6.45) is 4.14. The zero-order valence-electron chi connectivity index (χ0n) is 11.1. The van der Waals surface area contributed by atoms with Gasteiger partial charge in [0.15, 0.2) is 0 Å². The fraction of sp³-hybridized carbons (Fsp3) is 0.846. The van der Waals surface area contributed by atoms with E-state index in [0.717, 1.165) is 45.3 Å². The lowest BCUT2D eigenvalue weighted by Gasteiger charge is -2.17. The van der Waals surface area contributed by atoms with Gasteiger partial charge in [-0.25, -0.2) is 0 Å². The molecule has 0 spiro atoms. The lowest BCUT2D eigenvalue weighted by atomic mass is 10.1. The van der Waals surface area contributed by atoms with Crippen LogP contribution >= 0.6 is 0 Å². The maximum absolute atomic E-state index is 11.9. The SMILES string of the molecule is CCC1CCN(C(=O)CNC(=O)C2CCCN2)C1. The van der Waals surface area contributed by atoms with E-state index in [-0.39, 0.29) is 24.4 Å². The highest BCUT2D eigenvalue weighted by atomic mass is 16.2. The topological polar surface area (TPSA) is 61.4 Å². The van der Waals surface area contributed by atoms with Crippen LogP contribution in [0.5, 0.6) is 0 Å². The van der Waals surface area contributed by atoms with E-state index >= 15 is 0 Å². The normalized spacial score (nSPS) is 27.5. The highest BCUT2D eigenvalue weighted by molar-refractivity contribution is 5.87. The number of amides is 2. The molecule has 0 aromatic rings. The summed E-state index contributed by atoms with van der Waals surface area (Å²) in [5, 5.41) is 5.87. The number of hydrogen-bond donors (Lipinski definition) is 2. The molecule has 0 radical (unpaired) electrons. The molecule has 2 heterocycles. The molecule has 2 rings (SSSR count). The van der Waals surface area contributed by atoms with E-state index < -0.39 is 0 Å². The van der Waals surface area contributed by atoms with Crippen molar-refractivity contribution in [2.24, 2.45) is 5.92 Å². The molecule has 102 valence electrons. The highest BCUT2D eigenvalue weighted by Crippen LogP contribution is 2.18. The Kier molecular flexibility index (Phi) is 4.58. The second-order valence-electron chi connectivity index (χ2n) is 5.27. The first-order valence-electron chi connectivity index (χ1n) is 6.99. The number of hydrogen-bond acceptors (Lipinski definition) is 3. The lowest BCUT2D eigenvalue weighted by molar-refractivity contribution is -0.132. The molecular weight excluding hydrogens is 230 g/mol. The van der Waals surface area contributed by atoms with Crippen molar-refractivity contribution in [1.29, 1.82) is 0 Å². The number of carbonyl (C=O) groups excluding carboxylic acids is 2. The van der Waals surface area contributed by atoms with Crippen LogP contribution in [0.2, 0.25) is 0 Å². The van der Waals surface area contributed by atoms with Crippen LogP contribution in [0, 0.1) is 5.92 Å². The second-order valence-corrected chi connectivity index (χ2v) is 5.27. The van der Waals surface area contributed by atoms with Gasteiger partial charge in [0.2, 0.25) is 11.8 Å². The van der Waals surface area contributed by atoms with Gasteiger partial charge in [0.25, 0.3) is 0 Å². The maximum atomic E-state index is 11.9. The Bertz CT molecular complexity index is 313. The predicted octanol–water partition coefficient (Wildman–Crippen LogP) is 0.113. The molecule has 0 aromatic heterocycles. The van der Waals surface area contributed by atoms with E-state index in [1.807, 2.05) is 4.90 Å². The fourth-order valence-corrected chi connectivity index (χ4v) is 2.70. The summed E-state index contributed by atoms with van der Waals surface area (Å²) in [5.74, 6) is 0.658.